The predicted octanol–water partition coefficient (Wildman–Crippen LogP) is 3.16. The molecule has 1 aliphatic carbocycles. The minimum absolute atomic E-state index is 0.0679. The molecule has 0 radical (unpaired) electrons. The van der Waals surface area contributed by atoms with Gasteiger partial charge in [0.2, 0.25) is 5.91 Å². The Balaban J connectivity index is 1.62. The van der Waals surface area contributed by atoms with Crippen molar-refractivity contribution in [2.24, 2.45) is 0 Å². The number of nitrogens with one attached hydrogen (secondary N) is 2. The highest BCUT2D eigenvalue weighted by molar-refractivity contribution is 6.01. The number of methoxy groups -OCH3 is 1. The third-order valence-electron chi connectivity index (χ3n) is 5.46. The normalized spacial score (nSPS) is 18.3. The van der Waals surface area contributed by atoms with Crippen LogP contribution in [0.4, 0.5) is 11.5 Å². The molecule has 0 unspecified atom stereocenters. The number of aromatic nitrogens is 2. The van der Waals surface area contributed by atoms with Crippen LogP contribution in [0, 0.1) is 0 Å². The van der Waals surface area contributed by atoms with Gasteiger partial charge in [0.1, 0.15) is 17.3 Å². The topological polar surface area (TPSA) is 68.2 Å². The first-order valence-corrected chi connectivity index (χ1v) is 8.99. The molecule has 25 heavy (non-hydrogen) atoms. The van der Waals surface area contributed by atoms with Crippen LogP contribution in [0.2, 0.25) is 0 Å². The van der Waals surface area contributed by atoms with Gasteiger partial charge in [-0.3, -0.25) is 4.79 Å². The molecule has 1 saturated carbocycles. The number of ether oxygens (including phenoxy) is 1. The Morgan fingerprint density at radius 3 is 2.72 bits per heavy atom. The second-order valence-electron chi connectivity index (χ2n) is 6.88. The molecule has 2 heterocycles. The highest BCUT2D eigenvalue weighted by Gasteiger charge is 2.43. The minimum Gasteiger partial charge on any atom is -0.497 e. The quantitative estimate of drug-likeness (QED) is 0.897. The summed E-state index contributed by atoms with van der Waals surface area (Å²) in [6.45, 7) is 1.81. The number of hydrogen-bond donors (Lipinski definition) is 2. The van der Waals surface area contributed by atoms with E-state index in [4.69, 9.17) is 4.74 Å². The average Bonchev–Trinajstić information content (AvgIpc) is 3.30. The fourth-order valence-electron chi connectivity index (χ4n) is 4.05. The molecule has 2 aliphatic rings. The van der Waals surface area contributed by atoms with E-state index in [0.717, 1.165) is 68.0 Å². The summed E-state index contributed by atoms with van der Waals surface area (Å²) in [6.07, 6.45) is 6.71. The molecule has 1 aromatic carbocycles. The Morgan fingerprint density at radius 2 is 2.00 bits per heavy atom. The van der Waals surface area contributed by atoms with Gasteiger partial charge in [0.15, 0.2) is 0 Å². The summed E-state index contributed by atoms with van der Waals surface area (Å²) in [6, 6.07) is 7.92. The van der Waals surface area contributed by atoms with E-state index in [1.807, 2.05) is 28.9 Å². The van der Waals surface area contributed by atoms with Crippen molar-refractivity contribution in [2.45, 2.75) is 44.1 Å². The smallest absolute Gasteiger partial charge is 0.235 e. The summed E-state index contributed by atoms with van der Waals surface area (Å²) in [7, 11) is 1.66. The zero-order valence-electron chi connectivity index (χ0n) is 14.5. The van der Waals surface area contributed by atoms with Crippen LogP contribution in [0.15, 0.2) is 30.5 Å². The van der Waals surface area contributed by atoms with Gasteiger partial charge in [-0.25, -0.2) is 4.68 Å². The van der Waals surface area contributed by atoms with E-state index >= 15 is 0 Å². The van der Waals surface area contributed by atoms with Gasteiger partial charge in [-0.1, -0.05) is 25.0 Å². The molecule has 0 saturated heterocycles. The van der Waals surface area contributed by atoms with Gasteiger partial charge in [0.05, 0.1) is 18.7 Å². The van der Waals surface area contributed by atoms with Gasteiger partial charge in [0.25, 0.3) is 0 Å². The van der Waals surface area contributed by atoms with Crippen molar-refractivity contribution in [1.29, 1.82) is 0 Å². The Hall–Kier alpha value is -2.50. The van der Waals surface area contributed by atoms with Crippen LogP contribution in [0.25, 0.3) is 0 Å². The van der Waals surface area contributed by atoms with Crippen molar-refractivity contribution >= 4 is 17.4 Å². The molecule has 2 N–H and O–H groups in total. The molecule has 1 fully saturated rings. The van der Waals surface area contributed by atoms with E-state index in [0.29, 0.717) is 0 Å². The van der Waals surface area contributed by atoms with E-state index in [-0.39, 0.29) is 5.91 Å². The third kappa shape index (κ3) is 2.75. The number of hydrogen-bond acceptors (Lipinski definition) is 4. The third-order valence-corrected chi connectivity index (χ3v) is 5.46. The van der Waals surface area contributed by atoms with E-state index in [1.165, 1.54) is 0 Å². The van der Waals surface area contributed by atoms with Gasteiger partial charge in [0, 0.05) is 13.1 Å². The van der Waals surface area contributed by atoms with Crippen LogP contribution in [0.1, 0.15) is 37.7 Å². The summed E-state index contributed by atoms with van der Waals surface area (Å²) in [5.41, 5.74) is 1.39. The zero-order valence-corrected chi connectivity index (χ0v) is 14.5. The molecule has 6 heteroatoms. The number of anilines is 2. The summed E-state index contributed by atoms with van der Waals surface area (Å²) in [5, 5.41) is 10.9. The highest BCUT2D eigenvalue weighted by atomic mass is 16.5. The van der Waals surface area contributed by atoms with Crippen molar-refractivity contribution < 1.29 is 9.53 Å². The van der Waals surface area contributed by atoms with Gasteiger partial charge >= 0.3 is 0 Å². The van der Waals surface area contributed by atoms with Gasteiger partial charge < -0.3 is 15.4 Å². The first-order chi connectivity index (χ1) is 12.2. The molecule has 0 spiro atoms. The zero-order chi connectivity index (χ0) is 17.3. The fourth-order valence-corrected chi connectivity index (χ4v) is 4.05. The molecule has 2 aromatic rings. The second-order valence-corrected chi connectivity index (χ2v) is 6.88. The largest absolute Gasteiger partial charge is 0.497 e. The molecule has 1 aliphatic heterocycles. The van der Waals surface area contributed by atoms with Gasteiger partial charge in [-0.2, -0.15) is 5.10 Å². The van der Waals surface area contributed by atoms with Gasteiger partial charge in [-0.05, 0) is 37.0 Å². The first kappa shape index (κ1) is 16.0. The lowest BCUT2D eigenvalue weighted by Crippen LogP contribution is -2.38. The number of rotatable bonds is 4. The van der Waals surface area contributed by atoms with Crippen LogP contribution in [0.5, 0.6) is 5.75 Å². The van der Waals surface area contributed by atoms with Crippen LogP contribution in [-0.4, -0.2) is 29.3 Å². The maximum absolute atomic E-state index is 13.3. The van der Waals surface area contributed by atoms with Crippen molar-refractivity contribution in [3.05, 3.63) is 36.0 Å². The number of nitrogens with zero attached hydrogens (tertiary/aromatic N) is 2. The van der Waals surface area contributed by atoms with Crippen LogP contribution in [-0.2, 0) is 16.8 Å². The number of benzene rings is 1. The minimum atomic E-state index is -0.463. The maximum Gasteiger partial charge on any atom is 0.235 e. The molecule has 1 amide bonds. The highest BCUT2D eigenvalue weighted by Crippen LogP contribution is 2.43. The van der Waals surface area contributed by atoms with E-state index < -0.39 is 5.41 Å². The summed E-state index contributed by atoms with van der Waals surface area (Å²) < 4.78 is 7.18. The standard InChI is InChI=1S/C19H24N4O2/c1-25-15-7-5-14(6-8-15)19(9-2-3-10-19)18(24)22-16-13-21-23-12-4-11-20-17(16)23/h5-8,13,20H,2-4,9-12H2,1H3,(H,22,24). The van der Waals surface area contributed by atoms with Crippen LogP contribution >= 0.6 is 0 Å². The number of fused-ring (bicyclic) bond motifs is 1. The second kappa shape index (κ2) is 6.43. The molecule has 6 nitrogen and oxygen atoms in total. The maximum atomic E-state index is 13.3. The van der Waals surface area contributed by atoms with Crippen LogP contribution in [0.3, 0.4) is 0 Å². The number of carbonyl (C=O) groups is 1. The summed E-state index contributed by atoms with van der Waals surface area (Å²) >= 11 is 0. The van der Waals surface area contributed by atoms with Crippen molar-refractivity contribution in [3.8, 4) is 5.75 Å². The fraction of sp³-hybridized carbons (Fsp3) is 0.474. The SMILES string of the molecule is COc1ccc(C2(C(=O)Nc3cnn4c3NCCC4)CCCC2)cc1. The molecule has 0 atom stereocenters. The van der Waals surface area contributed by atoms with E-state index in [1.54, 1.807) is 13.3 Å². The molecule has 0 bridgehead atoms. The van der Waals surface area contributed by atoms with E-state index in [9.17, 15) is 4.79 Å². The van der Waals surface area contributed by atoms with Crippen molar-refractivity contribution in [2.75, 3.05) is 24.3 Å². The number of aryl methyl sites for hydroxylation is 1. The van der Waals surface area contributed by atoms with E-state index in [2.05, 4.69) is 15.7 Å². The molecule has 1 aromatic heterocycles. The molecular weight excluding hydrogens is 316 g/mol. The number of carbonyl (C=O) groups excluding carboxylic acids is 1. The lowest BCUT2D eigenvalue weighted by Gasteiger charge is -2.28. The summed E-state index contributed by atoms with van der Waals surface area (Å²) in [4.78, 5) is 13.3. The predicted molar refractivity (Wildman–Crippen MR) is 97.1 cm³/mol. The van der Waals surface area contributed by atoms with Crippen molar-refractivity contribution in [3.63, 3.8) is 0 Å². The lowest BCUT2D eigenvalue weighted by molar-refractivity contribution is -0.121. The lowest BCUT2D eigenvalue weighted by atomic mass is 9.78. The molecule has 4 rings (SSSR count). The Bertz CT molecular complexity index is 760. The summed E-state index contributed by atoms with van der Waals surface area (Å²) in [5.74, 6) is 1.80. The van der Waals surface area contributed by atoms with Crippen LogP contribution < -0.4 is 15.4 Å². The average molecular weight is 340 g/mol. The Kier molecular flexibility index (Phi) is 4.11. The van der Waals surface area contributed by atoms with Gasteiger partial charge in [-0.15, -0.1) is 0 Å². The number of amides is 1. The Morgan fingerprint density at radius 1 is 1.24 bits per heavy atom. The molecular formula is C19H24N4O2. The first-order valence-electron chi connectivity index (χ1n) is 8.99. The molecule has 132 valence electrons. The monoisotopic (exact) mass is 340 g/mol. The Labute approximate surface area is 147 Å². The van der Waals surface area contributed by atoms with Crippen molar-refractivity contribution in [1.82, 2.24) is 9.78 Å².